The largest absolute Gasteiger partial charge is 0.342 e. The van der Waals surface area contributed by atoms with Crippen LogP contribution in [0.25, 0.3) is 0 Å². The van der Waals surface area contributed by atoms with Gasteiger partial charge in [-0.3, -0.25) is 22.9 Å². The summed E-state index contributed by atoms with van der Waals surface area (Å²) in [6.07, 6.45) is -1.67. The first-order valence-corrected chi connectivity index (χ1v) is 18.1. The number of hydrogen-bond acceptors (Lipinski definition) is 12. The van der Waals surface area contributed by atoms with Crippen LogP contribution in [0.4, 0.5) is 45.5 Å². The predicted octanol–water partition coefficient (Wildman–Crippen LogP) is 6.63. The molecule has 16 heteroatoms. The Balaban J connectivity index is 0.00000420. The van der Waals surface area contributed by atoms with Gasteiger partial charge in [-0.15, -0.1) is 49.6 Å². The highest BCUT2D eigenvalue weighted by atomic mass is 35.5. The molecule has 8 N–H and O–H groups in total. The summed E-state index contributed by atoms with van der Waals surface area (Å²) >= 11 is 0. The van der Waals surface area contributed by atoms with Crippen LogP contribution in [0, 0.1) is 0 Å². The van der Waals surface area contributed by atoms with Gasteiger partial charge in [0.1, 0.15) is 0 Å². The second-order valence-corrected chi connectivity index (χ2v) is 13.8. The maximum atomic E-state index is 6.90. The van der Waals surface area contributed by atoms with Crippen molar-refractivity contribution in [3.63, 3.8) is 0 Å². The SMILES string of the molecule is CN(c1ccccc1)C(N)N(C)c1cccc(N(C)C(N)N(C)c2cccc(N(C)C(N)N(C)c3cccc(N(C)C(N)N(C)c4ccccc4)c3)c2)c1.Cl.Cl.Cl.Cl. The number of halogens is 4. The lowest BCUT2D eigenvalue weighted by Crippen LogP contribution is -2.53. The molecule has 0 radical (unpaired) electrons. The summed E-state index contributed by atoms with van der Waals surface area (Å²) in [4.78, 5) is 16.4. The van der Waals surface area contributed by atoms with E-state index in [4.69, 9.17) is 22.9 Å². The van der Waals surface area contributed by atoms with Crippen LogP contribution >= 0.6 is 49.6 Å². The molecule has 0 spiro atoms. The van der Waals surface area contributed by atoms with Gasteiger partial charge in [0.25, 0.3) is 0 Å². The third kappa shape index (κ3) is 11.8. The molecule has 0 saturated carbocycles. The number of rotatable bonds is 16. The molecule has 0 saturated heterocycles. The third-order valence-electron chi connectivity index (χ3n) is 10.4. The summed E-state index contributed by atoms with van der Waals surface area (Å²) in [7, 11) is 16.0. The van der Waals surface area contributed by atoms with Crippen molar-refractivity contribution in [3.8, 4) is 0 Å². The van der Waals surface area contributed by atoms with Crippen LogP contribution in [0.5, 0.6) is 0 Å². The Bertz CT molecular complexity index is 1800. The van der Waals surface area contributed by atoms with Gasteiger partial charge in [-0.05, 0) is 78.9 Å². The van der Waals surface area contributed by atoms with Crippen molar-refractivity contribution >= 4 is 95.1 Å². The molecular weight excluding hydrogens is 814 g/mol. The zero-order valence-corrected chi connectivity index (χ0v) is 37.8. The van der Waals surface area contributed by atoms with Crippen LogP contribution < -0.4 is 62.1 Å². The van der Waals surface area contributed by atoms with E-state index in [1.54, 1.807) is 0 Å². The average Bonchev–Trinajstić information content (AvgIpc) is 3.23. The van der Waals surface area contributed by atoms with Gasteiger partial charge in [0, 0.05) is 102 Å². The molecule has 0 aliphatic rings. The van der Waals surface area contributed by atoms with E-state index < -0.39 is 12.6 Å². The van der Waals surface area contributed by atoms with Crippen molar-refractivity contribution in [1.82, 2.24) is 0 Å². The topological polar surface area (TPSA) is 130 Å². The maximum Gasteiger partial charge on any atom is 0.154 e. The molecule has 5 aromatic rings. The quantitative estimate of drug-likeness (QED) is 0.0795. The number of nitrogens with two attached hydrogens (primary N) is 4. The molecule has 4 unspecified atom stereocenters. The van der Waals surface area contributed by atoms with Gasteiger partial charge in [-0.2, -0.15) is 0 Å². The van der Waals surface area contributed by atoms with Crippen molar-refractivity contribution in [2.24, 2.45) is 22.9 Å². The highest BCUT2D eigenvalue weighted by Gasteiger charge is 2.23. The van der Waals surface area contributed by atoms with Crippen LogP contribution in [-0.4, -0.2) is 81.5 Å². The van der Waals surface area contributed by atoms with Crippen molar-refractivity contribution < 1.29 is 0 Å². The lowest BCUT2D eigenvalue weighted by molar-refractivity contribution is 0.632. The van der Waals surface area contributed by atoms with E-state index in [9.17, 15) is 0 Å². The minimum absolute atomic E-state index is 0. The summed E-state index contributed by atoms with van der Waals surface area (Å²) in [5.74, 6) is 0. The van der Waals surface area contributed by atoms with E-state index in [2.05, 4.69) is 54.6 Å². The highest BCUT2D eigenvalue weighted by molar-refractivity contribution is 5.86. The van der Waals surface area contributed by atoms with E-state index in [1.165, 1.54) is 0 Å². The first kappa shape index (κ1) is 51.5. The second-order valence-electron chi connectivity index (χ2n) is 13.8. The van der Waals surface area contributed by atoms with E-state index in [1.807, 2.05) is 174 Å². The van der Waals surface area contributed by atoms with Crippen molar-refractivity contribution in [3.05, 3.63) is 133 Å². The highest BCUT2D eigenvalue weighted by Crippen LogP contribution is 2.29. The summed E-state index contributed by atoms with van der Waals surface area (Å²) < 4.78 is 0. The molecule has 0 aromatic heterocycles. The van der Waals surface area contributed by atoms with Crippen molar-refractivity contribution in [1.29, 1.82) is 0 Å². The Kier molecular flexibility index (Phi) is 20.6. The Labute approximate surface area is 370 Å². The Morgan fingerprint density at radius 1 is 0.259 bits per heavy atom. The fourth-order valence-corrected chi connectivity index (χ4v) is 6.38. The normalized spacial score (nSPS) is 12.3. The van der Waals surface area contributed by atoms with E-state index in [0.717, 1.165) is 45.5 Å². The number of para-hydroxylation sites is 2. The lowest BCUT2D eigenvalue weighted by atomic mass is 10.2. The second kappa shape index (κ2) is 23.2. The number of hydrogen-bond donors (Lipinski definition) is 4. The van der Waals surface area contributed by atoms with Gasteiger partial charge >= 0.3 is 0 Å². The van der Waals surface area contributed by atoms with Crippen molar-refractivity contribution in [2.75, 3.05) is 95.6 Å². The standard InChI is InChI=1S/C42H58N12.4ClH/c1-47(31-18-11-9-12-19-31)39(43)49(3)33-22-15-24-35(28-33)51(5)41(45)53(7)37-26-17-27-38(30-37)54(8)42(46)52(6)36-25-16-23-34(29-36)50(4)40(44)48(2)32-20-13-10-14-21-32;;;;/h9-30,39-42H,43-46H2,1-8H3;4*1H. The summed E-state index contributed by atoms with van der Waals surface area (Å²) in [6, 6.07) is 45.0. The molecule has 0 bridgehead atoms. The third-order valence-corrected chi connectivity index (χ3v) is 10.4. The molecule has 4 atom stereocenters. The molecule has 0 aliphatic heterocycles. The van der Waals surface area contributed by atoms with Crippen LogP contribution in [0.3, 0.4) is 0 Å². The summed E-state index contributed by atoms with van der Waals surface area (Å²) in [5, 5.41) is 0. The zero-order valence-electron chi connectivity index (χ0n) is 34.5. The molecular formula is C42H62Cl4N12. The van der Waals surface area contributed by atoms with Gasteiger partial charge in [-0.25, -0.2) is 0 Å². The smallest absolute Gasteiger partial charge is 0.154 e. The van der Waals surface area contributed by atoms with E-state index >= 15 is 0 Å². The van der Waals surface area contributed by atoms with Gasteiger partial charge < -0.3 is 39.2 Å². The maximum absolute atomic E-state index is 6.90. The lowest BCUT2D eigenvalue weighted by Gasteiger charge is -2.38. The molecule has 0 fully saturated rings. The molecule has 5 rings (SSSR count). The zero-order chi connectivity index (χ0) is 39.1. The predicted molar refractivity (Wildman–Crippen MR) is 260 cm³/mol. The van der Waals surface area contributed by atoms with E-state index in [-0.39, 0.29) is 62.2 Å². The Hall–Kier alpha value is -4.50. The fourth-order valence-electron chi connectivity index (χ4n) is 6.38. The van der Waals surface area contributed by atoms with Gasteiger partial charge in [0.15, 0.2) is 25.2 Å². The Morgan fingerprint density at radius 2 is 0.414 bits per heavy atom. The molecule has 58 heavy (non-hydrogen) atoms. The minimum atomic E-state index is -0.463. The van der Waals surface area contributed by atoms with Crippen molar-refractivity contribution in [2.45, 2.75) is 25.2 Å². The summed E-state index contributed by atoms with van der Waals surface area (Å²) in [5.41, 5.74) is 35.0. The van der Waals surface area contributed by atoms with Gasteiger partial charge in [-0.1, -0.05) is 54.6 Å². The number of anilines is 8. The number of benzene rings is 5. The fraction of sp³-hybridized carbons (Fsp3) is 0.286. The van der Waals surface area contributed by atoms with Crippen LogP contribution in [0.15, 0.2) is 133 Å². The first-order chi connectivity index (χ1) is 25.8. The van der Waals surface area contributed by atoms with Crippen LogP contribution in [0.1, 0.15) is 0 Å². The van der Waals surface area contributed by atoms with Gasteiger partial charge in [0.2, 0.25) is 0 Å². The molecule has 5 aromatic carbocycles. The molecule has 0 heterocycles. The minimum Gasteiger partial charge on any atom is -0.342 e. The monoisotopic (exact) mass is 874 g/mol. The molecule has 0 amide bonds. The number of nitrogens with zero attached hydrogens (tertiary/aromatic N) is 8. The van der Waals surface area contributed by atoms with E-state index in [0.29, 0.717) is 0 Å². The summed E-state index contributed by atoms with van der Waals surface area (Å²) in [6.45, 7) is 0. The van der Waals surface area contributed by atoms with Crippen LogP contribution in [0.2, 0.25) is 0 Å². The molecule has 0 aliphatic carbocycles. The van der Waals surface area contributed by atoms with Crippen LogP contribution in [-0.2, 0) is 0 Å². The molecule has 12 nitrogen and oxygen atoms in total. The Morgan fingerprint density at radius 3 is 0.603 bits per heavy atom. The van der Waals surface area contributed by atoms with Gasteiger partial charge in [0.05, 0.1) is 0 Å². The average molecular weight is 877 g/mol. The first-order valence-electron chi connectivity index (χ1n) is 18.1. The molecule has 318 valence electrons.